The summed E-state index contributed by atoms with van der Waals surface area (Å²) in [5, 5.41) is 0. The molecule has 0 N–H and O–H groups in total. The molecule has 1 rings (SSSR count). The molecule has 0 radical (unpaired) electrons. The molecule has 0 unspecified atom stereocenters. The first-order valence-electron chi connectivity index (χ1n) is 5.99. The highest BCUT2D eigenvalue weighted by atomic mass is 16.7. The van der Waals surface area contributed by atoms with Crippen LogP contribution in [0, 0.1) is 0 Å². The molecular weight excluding hydrogens is 192 g/mol. The molecule has 88 valence electrons. The van der Waals surface area contributed by atoms with E-state index in [9.17, 15) is 4.79 Å². The maximum atomic E-state index is 11.2. The van der Waals surface area contributed by atoms with E-state index in [1.54, 1.807) is 0 Å². The van der Waals surface area contributed by atoms with Crippen molar-refractivity contribution in [2.75, 3.05) is 7.11 Å². The van der Waals surface area contributed by atoms with Crippen molar-refractivity contribution >= 4 is 6.16 Å². The molecule has 3 nitrogen and oxygen atoms in total. The van der Waals surface area contributed by atoms with E-state index in [1.807, 2.05) is 0 Å². The number of hydrogen-bond donors (Lipinski definition) is 0. The number of carbonyl (C=O) groups is 1. The molecule has 0 amide bonds. The Morgan fingerprint density at radius 1 is 1.27 bits per heavy atom. The van der Waals surface area contributed by atoms with Crippen molar-refractivity contribution in [3.05, 3.63) is 0 Å². The van der Waals surface area contributed by atoms with Crippen LogP contribution in [-0.2, 0) is 9.47 Å². The van der Waals surface area contributed by atoms with Gasteiger partial charge in [0.2, 0.25) is 0 Å². The smallest absolute Gasteiger partial charge is 0.438 e. The van der Waals surface area contributed by atoms with Crippen LogP contribution in [-0.4, -0.2) is 18.9 Å². The second-order valence-electron chi connectivity index (χ2n) is 4.40. The van der Waals surface area contributed by atoms with Crippen LogP contribution in [0.4, 0.5) is 4.79 Å². The monoisotopic (exact) mass is 214 g/mol. The minimum atomic E-state index is -0.520. The van der Waals surface area contributed by atoms with Crippen molar-refractivity contribution in [2.45, 2.75) is 63.9 Å². The Labute approximate surface area is 92.1 Å². The first-order valence-corrected chi connectivity index (χ1v) is 5.99. The number of hydrogen-bond acceptors (Lipinski definition) is 3. The molecule has 0 bridgehead atoms. The zero-order valence-electron chi connectivity index (χ0n) is 9.88. The van der Waals surface area contributed by atoms with E-state index in [2.05, 4.69) is 11.7 Å². The summed E-state index contributed by atoms with van der Waals surface area (Å²) in [6.07, 6.45) is 8.33. The molecule has 0 aliphatic heterocycles. The maximum absolute atomic E-state index is 11.2. The van der Waals surface area contributed by atoms with E-state index in [0.717, 1.165) is 32.1 Å². The van der Waals surface area contributed by atoms with Gasteiger partial charge < -0.3 is 9.47 Å². The van der Waals surface area contributed by atoms with E-state index in [0.29, 0.717) is 0 Å². The topological polar surface area (TPSA) is 35.5 Å². The number of rotatable bonds is 4. The Bertz CT molecular complexity index is 195. The molecule has 1 aliphatic carbocycles. The SMILES string of the molecule is CCCCC1(OC(=O)OC)CCCCC1. The van der Waals surface area contributed by atoms with Crippen molar-refractivity contribution in [3.8, 4) is 0 Å². The predicted molar refractivity (Wildman–Crippen MR) is 58.8 cm³/mol. The molecule has 1 aliphatic rings. The van der Waals surface area contributed by atoms with Gasteiger partial charge >= 0.3 is 6.16 Å². The minimum Gasteiger partial charge on any atom is -0.438 e. The summed E-state index contributed by atoms with van der Waals surface area (Å²) < 4.78 is 10.1. The van der Waals surface area contributed by atoms with E-state index in [4.69, 9.17) is 4.74 Å². The van der Waals surface area contributed by atoms with Crippen LogP contribution < -0.4 is 0 Å². The van der Waals surface area contributed by atoms with Gasteiger partial charge in [0.15, 0.2) is 0 Å². The van der Waals surface area contributed by atoms with Gasteiger partial charge in [-0.2, -0.15) is 0 Å². The van der Waals surface area contributed by atoms with Crippen LogP contribution in [0.3, 0.4) is 0 Å². The zero-order chi connectivity index (χ0) is 11.1. The van der Waals surface area contributed by atoms with Gasteiger partial charge in [-0.3, -0.25) is 0 Å². The number of carbonyl (C=O) groups excluding carboxylic acids is 1. The molecule has 3 heteroatoms. The molecule has 0 heterocycles. The number of unbranched alkanes of at least 4 members (excludes halogenated alkanes) is 1. The Hall–Kier alpha value is -0.730. The highest BCUT2D eigenvalue weighted by Gasteiger charge is 2.35. The van der Waals surface area contributed by atoms with Gasteiger partial charge in [0, 0.05) is 0 Å². The van der Waals surface area contributed by atoms with Gasteiger partial charge in [0.05, 0.1) is 7.11 Å². The van der Waals surface area contributed by atoms with Crippen LogP contribution in [0.5, 0.6) is 0 Å². The van der Waals surface area contributed by atoms with Crippen molar-refractivity contribution in [1.82, 2.24) is 0 Å². The van der Waals surface area contributed by atoms with Gasteiger partial charge in [-0.15, -0.1) is 0 Å². The summed E-state index contributed by atoms with van der Waals surface area (Å²) in [6.45, 7) is 2.16. The maximum Gasteiger partial charge on any atom is 0.508 e. The van der Waals surface area contributed by atoms with Gasteiger partial charge in [-0.25, -0.2) is 4.79 Å². The van der Waals surface area contributed by atoms with Gasteiger partial charge in [0.1, 0.15) is 5.60 Å². The molecule has 0 spiro atoms. The summed E-state index contributed by atoms with van der Waals surface area (Å²) in [4.78, 5) is 11.2. The van der Waals surface area contributed by atoms with E-state index in [1.165, 1.54) is 26.4 Å². The van der Waals surface area contributed by atoms with Crippen molar-refractivity contribution < 1.29 is 14.3 Å². The van der Waals surface area contributed by atoms with Crippen LogP contribution in [0.1, 0.15) is 58.3 Å². The lowest BCUT2D eigenvalue weighted by Gasteiger charge is -2.36. The molecule has 0 aromatic rings. The molecule has 0 aromatic heterocycles. The average molecular weight is 214 g/mol. The average Bonchev–Trinajstić information content (AvgIpc) is 2.27. The Balaban J connectivity index is 2.53. The lowest BCUT2D eigenvalue weighted by Crippen LogP contribution is -2.37. The molecule has 1 saturated carbocycles. The summed E-state index contributed by atoms with van der Waals surface area (Å²) in [7, 11) is 1.37. The van der Waals surface area contributed by atoms with Crippen molar-refractivity contribution in [3.63, 3.8) is 0 Å². The molecule has 1 fully saturated rings. The highest BCUT2D eigenvalue weighted by molar-refractivity contribution is 5.60. The lowest BCUT2D eigenvalue weighted by atomic mass is 9.81. The summed E-state index contributed by atoms with van der Waals surface area (Å²) in [6, 6.07) is 0. The fraction of sp³-hybridized carbons (Fsp3) is 0.917. The van der Waals surface area contributed by atoms with E-state index < -0.39 is 6.16 Å². The standard InChI is InChI=1S/C12H22O3/c1-3-4-8-12(15-11(13)14-2)9-6-5-7-10-12/h3-10H2,1-2H3. The normalized spacial score (nSPS) is 19.6. The quantitative estimate of drug-likeness (QED) is 0.670. The van der Waals surface area contributed by atoms with Crippen molar-refractivity contribution in [2.24, 2.45) is 0 Å². The third-order valence-electron chi connectivity index (χ3n) is 3.22. The zero-order valence-corrected chi connectivity index (χ0v) is 9.88. The molecule has 0 atom stereocenters. The third-order valence-corrected chi connectivity index (χ3v) is 3.22. The largest absolute Gasteiger partial charge is 0.508 e. The van der Waals surface area contributed by atoms with Crippen LogP contribution in [0.25, 0.3) is 0 Å². The fourth-order valence-electron chi connectivity index (χ4n) is 2.32. The Morgan fingerprint density at radius 3 is 2.47 bits per heavy atom. The van der Waals surface area contributed by atoms with Crippen LogP contribution in [0.2, 0.25) is 0 Å². The highest BCUT2D eigenvalue weighted by Crippen LogP contribution is 2.36. The Morgan fingerprint density at radius 2 is 1.93 bits per heavy atom. The predicted octanol–water partition coefficient (Wildman–Crippen LogP) is 3.66. The second-order valence-corrected chi connectivity index (χ2v) is 4.40. The fourth-order valence-corrected chi connectivity index (χ4v) is 2.32. The summed E-state index contributed by atoms with van der Waals surface area (Å²) in [5.41, 5.74) is -0.221. The lowest BCUT2D eigenvalue weighted by molar-refractivity contribution is -0.0545. The minimum absolute atomic E-state index is 0.221. The molecular formula is C12H22O3. The van der Waals surface area contributed by atoms with Crippen LogP contribution in [0.15, 0.2) is 0 Å². The van der Waals surface area contributed by atoms with E-state index >= 15 is 0 Å². The van der Waals surface area contributed by atoms with Gasteiger partial charge in [-0.05, 0) is 38.5 Å². The van der Waals surface area contributed by atoms with Crippen molar-refractivity contribution in [1.29, 1.82) is 0 Å². The first kappa shape index (κ1) is 12.3. The molecule has 0 saturated heterocycles. The number of methoxy groups -OCH3 is 1. The second kappa shape index (κ2) is 5.99. The van der Waals surface area contributed by atoms with Gasteiger partial charge in [0.25, 0.3) is 0 Å². The molecule has 15 heavy (non-hydrogen) atoms. The summed E-state index contributed by atoms with van der Waals surface area (Å²) >= 11 is 0. The Kier molecular flexibility index (Phi) is 4.92. The number of ether oxygens (including phenoxy) is 2. The van der Waals surface area contributed by atoms with Crippen LogP contribution >= 0.6 is 0 Å². The first-order chi connectivity index (χ1) is 7.22. The summed E-state index contributed by atoms with van der Waals surface area (Å²) in [5.74, 6) is 0. The molecule has 0 aromatic carbocycles. The van der Waals surface area contributed by atoms with Gasteiger partial charge in [-0.1, -0.05) is 19.8 Å². The van der Waals surface area contributed by atoms with E-state index in [-0.39, 0.29) is 5.60 Å². The third kappa shape index (κ3) is 3.73.